The first-order chi connectivity index (χ1) is 8.01. The van der Waals surface area contributed by atoms with Gasteiger partial charge in [0.25, 0.3) is 0 Å². The molecule has 1 heterocycles. The first kappa shape index (κ1) is 17.9. The van der Waals surface area contributed by atoms with Crippen LogP contribution in [0.2, 0.25) is 0 Å². The van der Waals surface area contributed by atoms with Gasteiger partial charge in [0.1, 0.15) is 6.04 Å². The summed E-state index contributed by atoms with van der Waals surface area (Å²) in [6.07, 6.45) is 0. The van der Waals surface area contributed by atoms with Crippen LogP contribution in [0.3, 0.4) is 0 Å². The van der Waals surface area contributed by atoms with Crippen LogP contribution in [-0.4, -0.2) is 21.6 Å². The summed E-state index contributed by atoms with van der Waals surface area (Å²) in [6, 6.07) is -0.357. The summed E-state index contributed by atoms with van der Waals surface area (Å²) in [4.78, 5) is 16.0. The fraction of sp³-hybridized carbons (Fsp3) is 0.750. The second-order valence-electron chi connectivity index (χ2n) is 6.12. The van der Waals surface area contributed by atoms with Gasteiger partial charge in [-0.15, -0.1) is 12.4 Å². The van der Waals surface area contributed by atoms with Crippen LogP contribution in [0.5, 0.6) is 0 Å². The van der Waals surface area contributed by atoms with Crippen LogP contribution >= 0.6 is 12.4 Å². The van der Waals surface area contributed by atoms with Crippen molar-refractivity contribution in [2.45, 2.75) is 58.5 Å². The zero-order valence-electron chi connectivity index (χ0n) is 12.3. The third-order valence-corrected chi connectivity index (χ3v) is 2.42. The number of nitrogens with zero attached hydrogens (tertiary/aromatic N) is 2. The lowest BCUT2D eigenvalue weighted by Gasteiger charge is -2.20. The van der Waals surface area contributed by atoms with Crippen LogP contribution in [0.1, 0.15) is 59.3 Å². The maximum atomic E-state index is 11.7. The molecule has 0 bridgehead atoms. The van der Waals surface area contributed by atoms with Gasteiger partial charge in [-0.05, 0) is 20.8 Å². The molecule has 0 aliphatic heterocycles. The van der Waals surface area contributed by atoms with Crippen molar-refractivity contribution in [2.75, 3.05) is 0 Å². The highest BCUT2D eigenvalue weighted by Gasteiger charge is 2.27. The van der Waals surface area contributed by atoms with E-state index in [2.05, 4.69) is 15.5 Å². The van der Waals surface area contributed by atoms with Crippen molar-refractivity contribution < 1.29 is 9.32 Å². The lowest BCUT2D eigenvalue weighted by Crippen LogP contribution is -2.49. The molecule has 0 aromatic carbocycles. The number of rotatable bonds is 3. The molecule has 0 radical (unpaired) electrons. The van der Waals surface area contributed by atoms with Crippen molar-refractivity contribution in [3.63, 3.8) is 0 Å². The van der Waals surface area contributed by atoms with E-state index in [1.54, 1.807) is 20.8 Å². The number of amides is 1. The first-order valence-corrected chi connectivity index (χ1v) is 5.96. The molecule has 1 rings (SSSR count). The van der Waals surface area contributed by atoms with Crippen molar-refractivity contribution in [3.8, 4) is 0 Å². The summed E-state index contributed by atoms with van der Waals surface area (Å²) < 4.78 is 5.15. The van der Waals surface area contributed by atoms with E-state index < -0.39 is 5.54 Å². The number of nitrogens with two attached hydrogens (primary N) is 1. The number of hydrogen-bond donors (Lipinski definition) is 2. The molecule has 7 heteroatoms. The molecule has 19 heavy (non-hydrogen) atoms. The summed E-state index contributed by atoms with van der Waals surface area (Å²) >= 11 is 0. The number of aromatic nitrogens is 2. The number of nitrogens with one attached hydrogen (secondary N) is 1. The van der Waals surface area contributed by atoms with E-state index in [9.17, 15) is 4.79 Å². The van der Waals surface area contributed by atoms with E-state index in [0.29, 0.717) is 11.7 Å². The Labute approximate surface area is 119 Å². The summed E-state index contributed by atoms with van der Waals surface area (Å²) in [5.74, 6) is 0.744. The highest BCUT2D eigenvalue weighted by Crippen LogP contribution is 2.20. The fourth-order valence-corrected chi connectivity index (χ4v) is 1.16. The second kappa shape index (κ2) is 5.88. The largest absolute Gasteiger partial charge is 0.343 e. The highest BCUT2D eigenvalue weighted by molar-refractivity contribution is 5.85. The van der Waals surface area contributed by atoms with E-state index in [-0.39, 0.29) is 29.8 Å². The van der Waals surface area contributed by atoms with Crippen LogP contribution in [0, 0.1) is 0 Å². The van der Waals surface area contributed by atoms with E-state index >= 15 is 0 Å². The molecule has 3 N–H and O–H groups in total. The predicted octanol–water partition coefficient (Wildman–Crippen LogP) is 1.70. The van der Waals surface area contributed by atoms with Gasteiger partial charge in [0.15, 0.2) is 5.82 Å². The Hall–Kier alpha value is -1.14. The molecule has 0 saturated heterocycles. The van der Waals surface area contributed by atoms with Gasteiger partial charge < -0.3 is 15.6 Å². The van der Waals surface area contributed by atoms with Crippen LogP contribution in [0.15, 0.2) is 4.52 Å². The Morgan fingerprint density at radius 2 is 1.84 bits per heavy atom. The number of carbonyl (C=O) groups is 1. The Balaban J connectivity index is 0.00000324. The molecular formula is C12H23ClN4O2. The molecule has 1 aromatic heterocycles. The van der Waals surface area contributed by atoms with Gasteiger partial charge in [0.05, 0.1) is 5.54 Å². The zero-order valence-corrected chi connectivity index (χ0v) is 13.1. The normalized spacial score (nSPS) is 13.6. The van der Waals surface area contributed by atoms with E-state index in [4.69, 9.17) is 10.3 Å². The van der Waals surface area contributed by atoms with Gasteiger partial charge in [-0.3, -0.25) is 4.79 Å². The molecular weight excluding hydrogens is 268 g/mol. The third kappa shape index (κ3) is 4.80. The quantitative estimate of drug-likeness (QED) is 0.883. The van der Waals surface area contributed by atoms with Gasteiger partial charge in [-0.25, -0.2) is 0 Å². The van der Waals surface area contributed by atoms with Crippen molar-refractivity contribution in [1.29, 1.82) is 0 Å². The lowest BCUT2D eigenvalue weighted by atomic mass is 9.96. The Bertz CT molecular complexity index is 432. The van der Waals surface area contributed by atoms with Gasteiger partial charge in [-0.2, -0.15) is 4.98 Å². The molecule has 110 valence electrons. The maximum absolute atomic E-state index is 11.7. The summed E-state index contributed by atoms with van der Waals surface area (Å²) in [6.45, 7) is 11.0. The van der Waals surface area contributed by atoms with Gasteiger partial charge >= 0.3 is 0 Å². The van der Waals surface area contributed by atoms with Crippen molar-refractivity contribution in [3.05, 3.63) is 11.7 Å². The smallest absolute Gasteiger partial charge is 0.248 e. The third-order valence-electron chi connectivity index (χ3n) is 2.42. The molecule has 6 nitrogen and oxygen atoms in total. The lowest BCUT2D eigenvalue weighted by molar-refractivity contribution is -0.126. The monoisotopic (exact) mass is 290 g/mol. The standard InChI is InChI=1S/C12H22N4O2.ClH/c1-7(14-10(17)12(5,6)13)8-15-9(16-18-8)11(2,3)4;/h7H,13H2,1-6H3,(H,14,17);1H. The second-order valence-corrected chi connectivity index (χ2v) is 6.12. The SMILES string of the molecule is CC(NC(=O)C(C)(C)N)c1nc(C(C)(C)C)no1.Cl. The van der Waals surface area contributed by atoms with Crippen molar-refractivity contribution in [2.24, 2.45) is 5.73 Å². The number of halogens is 1. The molecule has 1 unspecified atom stereocenters. The van der Waals surface area contributed by atoms with E-state index in [1.165, 1.54) is 0 Å². The minimum atomic E-state index is -0.929. The van der Waals surface area contributed by atoms with Crippen LogP contribution < -0.4 is 11.1 Å². The summed E-state index contributed by atoms with van der Waals surface area (Å²) in [5.41, 5.74) is 4.59. The Morgan fingerprint density at radius 3 is 2.21 bits per heavy atom. The maximum Gasteiger partial charge on any atom is 0.248 e. The van der Waals surface area contributed by atoms with Gasteiger partial charge in [-0.1, -0.05) is 25.9 Å². The van der Waals surface area contributed by atoms with Crippen LogP contribution in [-0.2, 0) is 10.2 Å². The molecule has 0 aliphatic rings. The predicted molar refractivity (Wildman–Crippen MR) is 75.1 cm³/mol. The van der Waals surface area contributed by atoms with Crippen LogP contribution in [0.25, 0.3) is 0 Å². The summed E-state index contributed by atoms with van der Waals surface area (Å²) in [5, 5.41) is 6.65. The minimum absolute atomic E-state index is 0. The average molecular weight is 291 g/mol. The molecule has 0 fully saturated rings. The van der Waals surface area contributed by atoms with E-state index in [1.807, 2.05) is 20.8 Å². The van der Waals surface area contributed by atoms with Crippen LogP contribution in [0.4, 0.5) is 0 Å². The van der Waals surface area contributed by atoms with Crippen molar-refractivity contribution in [1.82, 2.24) is 15.5 Å². The van der Waals surface area contributed by atoms with Crippen molar-refractivity contribution >= 4 is 18.3 Å². The van der Waals surface area contributed by atoms with E-state index in [0.717, 1.165) is 0 Å². The molecule has 0 spiro atoms. The molecule has 0 saturated carbocycles. The highest BCUT2D eigenvalue weighted by atomic mass is 35.5. The first-order valence-electron chi connectivity index (χ1n) is 5.96. The minimum Gasteiger partial charge on any atom is -0.343 e. The Morgan fingerprint density at radius 1 is 1.32 bits per heavy atom. The molecule has 1 atom stereocenters. The topological polar surface area (TPSA) is 94.0 Å². The number of carbonyl (C=O) groups excluding carboxylic acids is 1. The fourth-order valence-electron chi connectivity index (χ4n) is 1.16. The van der Waals surface area contributed by atoms with Gasteiger partial charge in [0.2, 0.25) is 11.8 Å². The van der Waals surface area contributed by atoms with Gasteiger partial charge in [0, 0.05) is 5.41 Å². The zero-order chi connectivity index (χ0) is 14.1. The number of hydrogen-bond acceptors (Lipinski definition) is 5. The molecule has 1 aromatic rings. The molecule has 1 amide bonds. The summed E-state index contributed by atoms with van der Waals surface area (Å²) in [7, 11) is 0. The molecule has 0 aliphatic carbocycles. The Kier molecular flexibility index (Phi) is 5.53. The average Bonchev–Trinajstić information content (AvgIpc) is 2.63.